The smallest absolute Gasteiger partial charge is 0.406 e. The fourth-order valence-electron chi connectivity index (χ4n) is 2.18. The number of hydrogen-bond donors (Lipinski definition) is 0. The molecule has 0 aliphatic heterocycles. The fourth-order valence-corrected chi connectivity index (χ4v) is 2.76. The molecule has 0 bridgehead atoms. The summed E-state index contributed by atoms with van der Waals surface area (Å²) in [5, 5.41) is 8.35. The van der Waals surface area contributed by atoms with E-state index in [2.05, 4.69) is 10.2 Å². The lowest BCUT2D eigenvalue weighted by Crippen LogP contribution is -2.32. The van der Waals surface area contributed by atoms with E-state index in [1.807, 2.05) is 27.7 Å². The van der Waals surface area contributed by atoms with Gasteiger partial charge >= 0.3 is 12.2 Å². The zero-order valence-electron chi connectivity index (χ0n) is 17.6. The summed E-state index contributed by atoms with van der Waals surface area (Å²) in [6.45, 7) is 8.14. The number of nitrogens with zero attached hydrogens (tertiary/aromatic N) is 6. The van der Waals surface area contributed by atoms with E-state index in [0.717, 1.165) is 25.0 Å². The summed E-state index contributed by atoms with van der Waals surface area (Å²) in [6.07, 6.45) is 6.84. The summed E-state index contributed by atoms with van der Waals surface area (Å²) in [4.78, 5) is 24.5. The fraction of sp³-hybridized carbons (Fsp3) is 0.556. The lowest BCUT2D eigenvalue weighted by atomic mass is 10.3. The van der Waals surface area contributed by atoms with E-state index in [0.29, 0.717) is 11.5 Å². The number of carbonyl (C=O) groups is 2. The SMILES string of the molecule is CCC(C)n1cc(OC(=O)N(C)SN(C)C(=O)Oc2cnn(C(C)CC)c2)cn1. The predicted octanol–water partition coefficient (Wildman–Crippen LogP) is 4.15. The van der Waals surface area contributed by atoms with Gasteiger partial charge in [0.25, 0.3) is 0 Å². The largest absolute Gasteiger partial charge is 0.426 e. The average Bonchev–Trinajstić information content (AvgIpc) is 3.36. The van der Waals surface area contributed by atoms with Crippen LogP contribution in [0, 0.1) is 0 Å². The average molecular weight is 425 g/mol. The Balaban J connectivity index is 1.86. The van der Waals surface area contributed by atoms with Crippen molar-refractivity contribution >= 4 is 24.3 Å². The van der Waals surface area contributed by atoms with Crippen LogP contribution >= 0.6 is 12.1 Å². The van der Waals surface area contributed by atoms with Gasteiger partial charge in [0.05, 0.1) is 36.9 Å². The quantitative estimate of drug-likeness (QED) is 0.588. The first-order valence-corrected chi connectivity index (χ1v) is 10.2. The Morgan fingerprint density at radius 2 is 1.31 bits per heavy atom. The van der Waals surface area contributed by atoms with E-state index in [-0.39, 0.29) is 12.1 Å². The zero-order chi connectivity index (χ0) is 21.6. The van der Waals surface area contributed by atoms with Crippen LogP contribution in [0.1, 0.15) is 52.6 Å². The molecule has 2 aromatic heterocycles. The van der Waals surface area contributed by atoms with Gasteiger partial charge in [-0.25, -0.2) is 18.2 Å². The van der Waals surface area contributed by atoms with Crippen LogP contribution < -0.4 is 9.47 Å². The molecule has 0 aliphatic carbocycles. The van der Waals surface area contributed by atoms with E-state index in [4.69, 9.17) is 9.47 Å². The summed E-state index contributed by atoms with van der Waals surface area (Å²) in [5.41, 5.74) is 0. The molecular weight excluding hydrogens is 396 g/mol. The molecule has 10 nitrogen and oxygen atoms in total. The highest BCUT2D eigenvalue weighted by Gasteiger charge is 2.21. The van der Waals surface area contributed by atoms with Crippen LogP contribution in [0.3, 0.4) is 0 Å². The minimum absolute atomic E-state index is 0.208. The van der Waals surface area contributed by atoms with Crippen LogP contribution in [-0.2, 0) is 0 Å². The molecule has 0 fully saturated rings. The van der Waals surface area contributed by atoms with Crippen LogP contribution in [0.15, 0.2) is 24.8 Å². The number of rotatable bonds is 8. The van der Waals surface area contributed by atoms with Crippen molar-refractivity contribution in [1.82, 2.24) is 28.2 Å². The summed E-state index contributed by atoms with van der Waals surface area (Å²) in [6, 6.07) is 0.417. The highest BCUT2D eigenvalue weighted by Crippen LogP contribution is 2.21. The third-order valence-corrected chi connectivity index (χ3v) is 5.20. The van der Waals surface area contributed by atoms with Crippen molar-refractivity contribution < 1.29 is 19.1 Å². The van der Waals surface area contributed by atoms with Crippen LogP contribution in [0.4, 0.5) is 9.59 Å². The Morgan fingerprint density at radius 1 is 0.931 bits per heavy atom. The van der Waals surface area contributed by atoms with E-state index < -0.39 is 12.2 Å². The van der Waals surface area contributed by atoms with Crippen molar-refractivity contribution in [3.63, 3.8) is 0 Å². The first-order valence-electron chi connectivity index (χ1n) is 9.42. The van der Waals surface area contributed by atoms with E-state index >= 15 is 0 Å². The normalized spacial score (nSPS) is 12.9. The van der Waals surface area contributed by atoms with Crippen LogP contribution in [0.5, 0.6) is 11.5 Å². The topological polar surface area (TPSA) is 94.7 Å². The summed E-state index contributed by atoms with van der Waals surface area (Å²) >= 11 is 0.853. The van der Waals surface area contributed by atoms with Crippen molar-refractivity contribution in [3.05, 3.63) is 24.8 Å². The summed E-state index contributed by atoms with van der Waals surface area (Å²) in [5.74, 6) is 0.677. The van der Waals surface area contributed by atoms with Gasteiger partial charge in [-0.2, -0.15) is 10.2 Å². The van der Waals surface area contributed by atoms with Crippen molar-refractivity contribution in [2.45, 2.75) is 52.6 Å². The Kier molecular flexibility index (Phi) is 7.94. The first kappa shape index (κ1) is 22.6. The number of hydrogen-bond acceptors (Lipinski definition) is 7. The van der Waals surface area contributed by atoms with Crippen molar-refractivity contribution in [2.24, 2.45) is 0 Å². The molecule has 2 atom stereocenters. The monoisotopic (exact) mass is 424 g/mol. The minimum Gasteiger partial charge on any atom is -0.406 e. The number of carbonyl (C=O) groups excluding carboxylic acids is 2. The molecular formula is C18H28N6O4S. The maximum absolute atomic E-state index is 12.2. The highest BCUT2D eigenvalue weighted by molar-refractivity contribution is 7.95. The molecule has 0 saturated carbocycles. The van der Waals surface area contributed by atoms with Gasteiger partial charge in [0.1, 0.15) is 0 Å². The molecule has 29 heavy (non-hydrogen) atoms. The van der Waals surface area contributed by atoms with Crippen molar-refractivity contribution in [2.75, 3.05) is 14.1 Å². The third-order valence-electron chi connectivity index (χ3n) is 4.41. The Hall–Kier alpha value is -2.69. The molecule has 0 aliphatic rings. The zero-order valence-corrected chi connectivity index (χ0v) is 18.4. The minimum atomic E-state index is -0.636. The highest BCUT2D eigenvalue weighted by atomic mass is 32.2. The van der Waals surface area contributed by atoms with Gasteiger partial charge in [-0.1, -0.05) is 13.8 Å². The first-order chi connectivity index (χ1) is 13.7. The second kappa shape index (κ2) is 10.2. The molecule has 2 amide bonds. The van der Waals surface area contributed by atoms with Crippen LogP contribution in [-0.4, -0.2) is 54.5 Å². The molecule has 11 heteroatoms. The Bertz CT molecular complexity index is 757. The molecule has 0 spiro atoms. The van der Waals surface area contributed by atoms with Gasteiger partial charge < -0.3 is 9.47 Å². The molecule has 2 aromatic rings. The van der Waals surface area contributed by atoms with Crippen molar-refractivity contribution in [1.29, 1.82) is 0 Å². The van der Waals surface area contributed by atoms with Gasteiger partial charge in [-0.3, -0.25) is 9.36 Å². The molecule has 0 N–H and O–H groups in total. The van der Waals surface area contributed by atoms with Gasteiger partial charge in [-0.05, 0) is 26.7 Å². The number of ether oxygens (including phenoxy) is 2. The van der Waals surface area contributed by atoms with Crippen LogP contribution in [0.2, 0.25) is 0 Å². The Labute approximate surface area is 175 Å². The van der Waals surface area contributed by atoms with E-state index in [1.54, 1.807) is 21.8 Å². The van der Waals surface area contributed by atoms with Gasteiger partial charge in [0.2, 0.25) is 0 Å². The van der Waals surface area contributed by atoms with Crippen LogP contribution in [0.25, 0.3) is 0 Å². The third kappa shape index (κ3) is 6.14. The standard InChI is InChI=1S/C18H28N6O4S/c1-7-13(3)23-11-15(9-19-23)27-17(25)21(5)29-22(6)18(26)28-16-10-20-24(12-16)14(4)8-2/h9-14H,7-8H2,1-6H3. The van der Waals surface area contributed by atoms with E-state index in [9.17, 15) is 9.59 Å². The molecule has 160 valence electrons. The Morgan fingerprint density at radius 3 is 1.66 bits per heavy atom. The lowest BCUT2D eigenvalue weighted by molar-refractivity contribution is 0.181. The van der Waals surface area contributed by atoms with Gasteiger partial charge in [0.15, 0.2) is 11.5 Å². The van der Waals surface area contributed by atoms with Crippen molar-refractivity contribution in [3.8, 4) is 11.5 Å². The maximum atomic E-state index is 12.2. The lowest BCUT2D eigenvalue weighted by Gasteiger charge is -2.20. The second-order valence-electron chi connectivity index (χ2n) is 6.64. The van der Waals surface area contributed by atoms with Gasteiger partial charge in [-0.15, -0.1) is 0 Å². The molecule has 2 rings (SSSR count). The summed E-state index contributed by atoms with van der Waals surface area (Å²) < 4.78 is 16.4. The summed E-state index contributed by atoms with van der Waals surface area (Å²) in [7, 11) is 2.99. The maximum Gasteiger partial charge on any atom is 0.426 e. The molecule has 0 radical (unpaired) electrons. The van der Waals surface area contributed by atoms with Gasteiger partial charge in [0, 0.05) is 26.2 Å². The molecule has 2 heterocycles. The van der Waals surface area contributed by atoms with E-state index in [1.165, 1.54) is 35.1 Å². The second-order valence-corrected chi connectivity index (χ2v) is 7.90. The molecule has 2 unspecified atom stereocenters. The number of aromatic nitrogens is 4. The predicted molar refractivity (Wildman–Crippen MR) is 110 cm³/mol. The number of amides is 2. The molecule has 0 aromatic carbocycles. The molecule has 0 saturated heterocycles.